The van der Waals surface area contributed by atoms with Gasteiger partial charge in [0.2, 0.25) is 0 Å². The van der Waals surface area contributed by atoms with Crippen LogP contribution in [-0.2, 0) is 22.1 Å². The molecule has 0 radical (unpaired) electrons. The maximum atomic E-state index is 12.4. The van der Waals surface area contributed by atoms with E-state index in [2.05, 4.69) is 0 Å². The zero-order valence-corrected chi connectivity index (χ0v) is 13.0. The van der Waals surface area contributed by atoms with E-state index in [4.69, 9.17) is 10.5 Å². The molecule has 0 fully saturated rings. The average Bonchev–Trinajstić information content (AvgIpc) is 2.46. The van der Waals surface area contributed by atoms with Crippen LogP contribution in [0.4, 0.5) is 0 Å². The summed E-state index contributed by atoms with van der Waals surface area (Å²) >= 11 is 0. The van der Waals surface area contributed by atoms with Crippen molar-refractivity contribution in [3.8, 4) is 5.75 Å². The van der Waals surface area contributed by atoms with Gasteiger partial charge in [-0.1, -0.05) is 18.2 Å². The third kappa shape index (κ3) is 3.62. The first kappa shape index (κ1) is 15.5. The van der Waals surface area contributed by atoms with Crippen LogP contribution in [0.25, 0.3) is 0 Å². The minimum atomic E-state index is -3.36. The summed E-state index contributed by atoms with van der Waals surface area (Å²) in [5, 5.41) is 0. The molecule has 0 spiro atoms. The fourth-order valence-electron chi connectivity index (χ4n) is 2.19. The van der Waals surface area contributed by atoms with E-state index in [9.17, 15) is 8.42 Å². The van der Waals surface area contributed by atoms with Gasteiger partial charge < -0.3 is 10.5 Å². The summed E-state index contributed by atoms with van der Waals surface area (Å²) in [7, 11) is -1.79. The number of aryl methyl sites for hydroxylation is 1. The zero-order valence-electron chi connectivity index (χ0n) is 12.2. The van der Waals surface area contributed by atoms with Crippen LogP contribution in [0.5, 0.6) is 5.75 Å². The molecule has 4 nitrogen and oxygen atoms in total. The van der Waals surface area contributed by atoms with E-state index in [0.29, 0.717) is 22.8 Å². The number of ether oxygens (including phenoxy) is 1. The van der Waals surface area contributed by atoms with E-state index in [0.717, 1.165) is 11.1 Å². The van der Waals surface area contributed by atoms with Crippen LogP contribution in [0.15, 0.2) is 47.4 Å². The Morgan fingerprint density at radius 1 is 1.14 bits per heavy atom. The number of sulfone groups is 1. The van der Waals surface area contributed by atoms with Crippen molar-refractivity contribution in [1.29, 1.82) is 0 Å². The second kappa shape index (κ2) is 6.28. The lowest BCUT2D eigenvalue weighted by atomic mass is 10.1. The van der Waals surface area contributed by atoms with Gasteiger partial charge in [0.15, 0.2) is 9.84 Å². The van der Waals surface area contributed by atoms with Gasteiger partial charge in [0.05, 0.1) is 17.8 Å². The summed E-state index contributed by atoms with van der Waals surface area (Å²) in [6.45, 7) is 2.18. The molecule has 0 saturated carbocycles. The Labute approximate surface area is 125 Å². The maximum absolute atomic E-state index is 12.4. The van der Waals surface area contributed by atoms with Gasteiger partial charge in [-0.05, 0) is 42.3 Å². The highest BCUT2D eigenvalue weighted by atomic mass is 32.2. The summed E-state index contributed by atoms with van der Waals surface area (Å²) in [5.41, 5.74) is 8.09. The molecule has 0 amide bonds. The predicted octanol–water partition coefficient (Wildman–Crippen LogP) is 2.44. The van der Waals surface area contributed by atoms with Crippen LogP contribution in [0.3, 0.4) is 0 Å². The lowest BCUT2D eigenvalue weighted by Crippen LogP contribution is -2.07. The van der Waals surface area contributed by atoms with Crippen molar-refractivity contribution >= 4 is 9.84 Å². The fraction of sp³-hybridized carbons (Fsp3) is 0.250. The Hall–Kier alpha value is -1.85. The van der Waals surface area contributed by atoms with Crippen molar-refractivity contribution in [3.05, 3.63) is 59.2 Å². The van der Waals surface area contributed by atoms with Crippen molar-refractivity contribution < 1.29 is 13.2 Å². The van der Waals surface area contributed by atoms with Crippen LogP contribution in [0, 0.1) is 6.92 Å². The van der Waals surface area contributed by atoms with Crippen LogP contribution in [0.2, 0.25) is 0 Å². The zero-order chi connectivity index (χ0) is 15.5. The Morgan fingerprint density at radius 2 is 1.90 bits per heavy atom. The monoisotopic (exact) mass is 305 g/mol. The summed E-state index contributed by atoms with van der Waals surface area (Å²) in [5.74, 6) is 0.627. The van der Waals surface area contributed by atoms with Crippen LogP contribution in [0.1, 0.15) is 16.7 Å². The minimum absolute atomic E-state index is 0.0482. The molecular formula is C16H19NO3S. The number of nitrogens with two attached hydrogens (primary N) is 1. The van der Waals surface area contributed by atoms with E-state index >= 15 is 0 Å². The normalized spacial score (nSPS) is 11.4. The Kier molecular flexibility index (Phi) is 4.65. The average molecular weight is 305 g/mol. The van der Waals surface area contributed by atoms with Crippen LogP contribution >= 0.6 is 0 Å². The van der Waals surface area contributed by atoms with E-state index in [1.54, 1.807) is 43.5 Å². The van der Waals surface area contributed by atoms with Gasteiger partial charge in [-0.2, -0.15) is 0 Å². The molecule has 2 aromatic rings. The third-order valence-electron chi connectivity index (χ3n) is 3.27. The number of hydrogen-bond acceptors (Lipinski definition) is 4. The van der Waals surface area contributed by atoms with Crippen LogP contribution in [-0.4, -0.2) is 15.5 Å². The number of hydrogen-bond donors (Lipinski definition) is 1. The van der Waals surface area contributed by atoms with E-state index in [1.807, 2.05) is 13.0 Å². The lowest BCUT2D eigenvalue weighted by Gasteiger charge is -2.10. The molecule has 0 aliphatic rings. The Balaban J connectivity index is 2.33. The van der Waals surface area contributed by atoms with Crippen molar-refractivity contribution in [2.24, 2.45) is 5.73 Å². The lowest BCUT2D eigenvalue weighted by molar-refractivity contribution is 0.409. The second-order valence-corrected chi connectivity index (χ2v) is 6.92. The molecule has 0 atom stereocenters. The van der Waals surface area contributed by atoms with Gasteiger partial charge in [0.1, 0.15) is 5.75 Å². The molecule has 0 heterocycles. The van der Waals surface area contributed by atoms with Gasteiger partial charge in [0, 0.05) is 12.1 Å². The largest absolute Gasteiger partial charge is 0.496 e. The first-order valence-corrected chi connectivity index (χ1v) is 8.27. The van der Waals surface area contributed by atoms with E-state index < -0.39 is 9.84 Å². The second-order valence-electron chi connectivity index (χ2n) is 4.93. The van der Waals surface area contributed by atoms with Gasteiger partial charge >= 0.3 is 0 Å². The van der Waals surface area contributed by atoms with Gasteiger partial charge in [-0.25, -0.2) is 8.42 Å². The highest BCUT2D eigenvalue weighted by Gasteiger charge is 2.16. The smallest absolute Gasteiger partial charge is 0.182 e. The maximum Gasteiger partial charge on any atom is 0.182 e. The summed E-state index contributed by atoms with van der Waals surface area (Å²) in [6.07, 6.45) is 0. The van der Waals surface area contributed by atoms with Crippen molar-refractivity contribution in [2.45, 2.75) is 24.1 Å². The SMILES string of the molecule is COc1ccc(CS(=O)(=O)c2cccc(C)c2)cc1CN. The molecule has 0 unspecified atom stereocenters. The van der Waals surface area contributed by atoms with E-state index in [1.165, 1.54) is 0 Å². The molecule has 112 valence electrons. The van der Waals surface area contributed by atoms with Gasteiger partial charge in [0.25, 0.3) is 0 Å². The van der Waals surface area contributed by atoms with Crippen molar-refractivity contribution in [1.82, 2.24) is 0 Å². The molecule has 0 bridgehead atoms. The van der Waals surface area contributed by atoms with Gasteiger partial charge in [-0.3, -0.25) is 0 Å². The molecule has 2 N–H and O–H groups in total. The first-order valence-electron chi connectivity index (χ1n) is 6.61. The highest BCUT2D eigenvalue weighted by molar-refractivity contribution is 7.90. The molecular weight excluding hydrogens is 286 g/mol. The number of benzene rings is 2. The van der Waals surface area contributed by atoms with Crippen molar-refractivity contribution in [2.75, 3.05) is 7.11 Å². The number of methoxy groups -OCH3 is 1. The molecule has 2 aromatic carbocycles. The van der Waals surface area contributed by atoms with Crippen molar-refractivity contribution in [3.63, 3.8) is 0 Å². The van der Waals surface area contributed by atoms with Crippen LogP contribution < -0.4 is 10.5 Å². The molecule has 5 heteroatoms. The summed E-state index contributed by atoms with van der Waals surface area (Å²) < 4.78 is 30.1. The quantitative estimate of drug-likeness (QED) is 0.921. The molecule has 0 aromatic heterocycles. The third-order valence-corrected chi connectivity index (χ3v) is 4.96. The molecule has 21 heavy (non-hydrogen) atoms. The topological polar surface area (TPSA) is 69.4 Å². The van der Waals surface area contributed by atoms with E-state index in [-0.39, 0.29) is 5.75 Å². The fourth-order valence-corrected chi connectivity index (χ4v) is 3.63. The molecule has 2 rings (SSSR count). The molecule has 0 aliphatic carbocycles. The molecule has 0 aliphatic heterocycles. The molecule has 0 saturated heterocycles. The number of rotatable bonds is 5. The summed E-state index contributed by atoms with van der Waals surface area (Å²) in [6, 6.07) is 12.2. The Morgan fingerprint density at radius 3 is 2.52 bits per heavy atom. The first-order chi connectivity index (χ1) is 9.96. The predicted molar refractivity (Wildman–Crippen MR) is 83.0 cm³/mol. The summed E-state index contributed by atoms with van der Waals surface area (Å²) in [4.78, 5) is 0.340. The highest BCUT2D eigenvalue weighted by Crippen LogP contribution is 2.23. The van der Waals surface area contributed by atoms with Gasteiger partial charge in [-0.15, -0.1) is 0 Å². The standard InChI is InChI=1S/C16H19NO3S/c1-12-4-3-5-15(8-12)21(18,19)11-13-6-7-16(20-2)14(9-13)10-17/h3-9H,10-11,17H2,1-2H3. The Bertz CT molecular complexity index is 739. The minimum Gasteiger partial charge on any atom is -0.496 e.